The van der Waals surface area contributed by atoms with E-state index >= 15 is 0 Å². The molecular formula is C16H17NO3. The maximum absolute atomic E-state index is 11.7. The molecule has 0 radical (unpaired) electrons. The van der Waals surface area contributed by atoms with Gasteiger partial charge in [-0.2, -0.15) is 0 Å². The van der Waals surface area contributed by atoms with E-state index in [0.29, 0.717) is 11.6 Å². The number of carbonyl (C=O) groups is 2. The molecule has 104 valence electrons. The van der Waals surface area contributed by atoms with E-state index in [1.165, 1.54) is 37.7 Å². The number of hydrogen-bond acceptors (Lipinski definition) is 3. The van der Waals surface area contributed by atoms with Crippen molar-refractivity contribution in [3.8, 4) is 0 Å². The molecule has 0 saturated heterocycles. The van der Waals surface area contributed by atoms with Crippen LogP contribution in [0.25, 0.3) is 0 Å². The zero-order chi connectivity index (χ0) is 14.1. The Morgan fingerprint density at radius 2 is 1.65 bits per heavy atom. The monoisotopic (exact) mass is 271 g/mol. The van der Waals surface area contributed by atoms with Crippen LogP contribution in [0.15, 0.2) is 36.1 Å². The molecule has 1 aromatic rings. The Morgan fingerprint density at radius 1 is 1.00 bits per heavy atom. The Balaban J connectivity index is 1.80. The van der Waals surface area contributed by atoms with Crippen LogP contribution in [0.5, 0.6) is 0 Å². The van der Waals surface area contributed by atoms with E-state index in [1.807, 2.05) is 12.1 Å². The topological polar surface area (TPSA) is 57.6 Å². The number of imide groups is 1. The molecule has 2 amide bonds. The average molecular weight is 271 g/mol. The van der Waals surface area contributed by atoms with Gasteiger partial charge in [0.25, 0.3) is 11.8 Å². The number of nitrogens with zero attached hydrogens (tertiary/aromatic N) is 1. The molecule has 20 heavy (non-hydrogen) atoms. The third-order valence-electron chi connectivity index (χ3n) is 4.13. The first-order chi connectivity index (χ1) is 9.66. The van der Waals surface area contributed by atoms with Gasteiger partial charge in [0.15, 0.2) is 5.76 Å². The molecule has 1 N–H and O–H groups in total. The molecule has 2 aliphatic rings. The predicted octanol–water partition coefficient (Wildman–Crippen LogP) is 3.05. The van der Waals surface area contributed by atoms with Crippen LogP contribution >= 0.6 is 0 Å². The zero-order valence-electron chi connectivity index (χ0n) is 11.2. The maximum atomic E-state index is 11.7. The van der Waals surface area contributed by atoms with Gasteiger partial charge in [0.2, 0.25) is 0 Å². The van der Waals surface area contributed by atoms with E-state index in [9.17, 15) is 14.7 Å². The molecule has 0 spiro atoms. The van der Waals surface area contributed by atoms with Crippen molar-refractivity contribution in [1.82, 2.24) is 0 Å². The summed E-state index contributed by atoms with van der Waals surface area (Å²) in [7, 11) is 0. The van der Waals surface area contributed by atoms with Crippen LogP contribution in [0.4, 0.5) is 5.69 Å². The van der Waals surface area contributed by atoms with Gasteiger partial charge in [0.1, 0.15) is 0 Å². The molecule has 0 aromatic heterocycles. The SMILES string of the molecule is O=C1C=C(O)C(=O)N1c1ccc(C2CCCCC2)cc1. The Labute approximate surface area is 117 Å². The van der Waals surface area contributed by atoms with Crippen LogP contribution in [0.2, 0.25) is 0 Å². The first-order valence-electron chi connectivity index (χ1n) is 7.06. The molecule has 0 atom stereocenters. The van der Waals surface area contributed by atoms with Crippen molar-refractivity contribution < 1.29 is 14.7 Å². The number of aliphatic hydroxyl groups is 1. The Kier molecular flexibility index (Phi) is 3.30. The minimum absolute atomic E-state index is 0.488. The quantitative estimate of drug-likeness (QED) is 0.841. The van der Waals surface area contributed by atoms with Crippen LogP contribution in [0, 0.1) is 0 Å². The first kappa shape index (κ1) is 12.9. The van der Waals surface area contributed by atoms with Gasteiger partial charge in [-0.05, 0) is 36.5 Å². The van der Waals surface area contributed by atoms with E-state index in [0.717, 1.165) is 11.0 Å². The van der Waals surface area contributed by atoms with Crippen molar-refractivity contribution >= 4 is 17.5 Å². The minimum atomic E-state index is -0.652. The molecule has 0 bridgehead atoms. The van der Waals surface area contributed by atoms with E-state index in [-0.39, 0.29) is 0 Å². The Hall–Kier alpha value is -2.10. The summed E-state index contributed by atoms with van der Waals surface area (Å²) in [6.45, 7) is 0. The van der Waals surface area contributed by atoms with Gasteiger partial charge in [0.05, 0.1) is 11.8 Å². The summed E-state index contributed by atoms with van der Waals surface area (Å²) in [4.78, 5) is 24.3. The van der Waals surface area contributed by atoms with E-state index in [2.05, 4.69) is 0 Å². The Bertz CT molecular complexity index is 568. The average Bonchev–Trinajstić information content (AvgIpc) is 2.73. The fraction of sp³-hybridized carbons (Fsp3) is 0.375. The number of carbonyl (C=O) groups excluding carboxylic acids is 2. The summed E-state index contributed by atoms with van der Waals surface area (Å²) < 4.78 is 0. The fourth-order valence-corrected chi connectivity index (χ4v) is 3.03. The van der Waals surface area contributed by atoms with Crippen LogP contribution in [0.1, 0.15) is 43.6 Å². The molecule has 1 aliphatic carbocycles. The minimum Gasteiger partial charge on any atom is -0.503 e. The molecule has 4 nitrogen and oxygen atoms in total. The standard InChI is InChI=1S/C16H17NO3/c18-14-10-15(19)17(16(14)20)13-8-6-12(7-9-13)11-4-2-1-3-5-11/h6-11,18H,1-5H2. The lowest BCUT2D eigenvalue weighted by Gasteiger charge is -2.22. The lowest BCUT2D eigenvalue weighted by Crippen LogP contribution is -2.30. The van der Waals surface area contributed by atoms with Crippen molar-refractivity contribution in [2.24, 2.45) is 0 Å². The van der Waals surface area contributed by atoms with Gasteiger partial charge in [-0.1, -0.05) is 31.4 Å². The Morgan fingerprint density at radius 3 is 2.20 bits per heavy atom. The summed E-state index contributed by atoms with van der Waals surface area (Å²) in [5.41, 5.74) is 1.78. The van der Waals surface area contributed by atoms with E-state index < -0.39 is 17.6 Å². The van der Waals surface area contributed by atoms with Crippen LogP contribution < -0.4 is 4.90 Å². The second kappa shape index (κ2) is 5.12. The van der Waals surface area contributed by atoms with Gasteiger partial charge in [-0.25, -0.2) is 4.90 Å². The summed E-state index contributed by atoms with van der Waals surface area (Å²) in [6, 6.07) is 7.54. The van der Waals surface area contributed by atoms with Gasteiger partial charge >= 0.3 is 0 Å². The number of aliphatic hydroxyl groups excluding tert-OH is 1. The number of benzene rings is 1. The predicted molar refractivity (Wildman–Crippen MR) is 75.5 cm³/mol. The summed E-state index contributed by atoms with van der Waals surface area (Å²) in [5, 5.41) is 9.31. The van der Waals surface area contributed by atoms with Gasteiger partial charge < -0.3 is 5.11 Å². The number of hydrogen-bond donors (Lipinski definition) is 1. The molecule has 4 heteroatoms. The van der Waals surface area contributed by atoms with Crippen LogP contribution in [-0.4, -0.2) is 16.9 Å². The van der Waals surface area contributed by atoms with E-state index in [4.69, 9.17) is 0 Å². The largest absolute Gasteiger partial charge is 0.503 e. The molecule has 0 unspecified atom stereocenters. The van der Waals surface area contributed by atoms with Crippen molar-refractivity contribution in [3.63, 3.8) is 0 Å². The molecule has 1 fully saturated rings. The number of rotatable bonds is 2. The van der Waals surface area contributed by atoms with Crippen molar-refractivity contribution in [1.29, 1.82) is 0 Å². The number of amides is 2. The van der Waals surface area contributed by atoms with E-state index in [1.54, 1.807) is 12.1 Å². The van der Waals surface area contributed by atoms with Crippen LogP contribution in [-0.2, 0) is 9.59 Å². The maximum Gasteiger partial charge on any atom is 0.300 e. The van der Waals surface area contributed by atoms with Crippen LogP contribution in [0.3, 0.4) is 0 Å². The summed E-state index contributed by atoms with van der Waals surface area (Å²) in [6.07, 6.45) is 7.24. The second-order valence-electron chi connectivity index (χ2n) is 5.43. The highest BCUT2D eigenvalue weighted by Crippen LogP contribution is 2.33. The third kappa shape index (κ3) is 2.22. The molecule has 1 heterocycles. The molecule has 1 aromatic carbocycles. The highest BCUT2D eigenvalue weighted by atomic mass is 16.3. The van der Waals surface area contributed by atoms with Crippen molar-refractivity contribution in [2.75, 3.05) is 4.90 Å². The first-order valence-corrected chi connectivity index (χ1v) is 7.06. The molecule has 3 rings (SSSR count). The molecule has 1 aliphatic heterocycles. The van der Waals surface area contributed by atoms with Gasteiger partial charge in [0, 0.05) is 0 Å². The lowest BCUT2D eigenvalue weighted by molar-refractivity contribution is -0.121. The third-order valence-corrected chi connectivity index (χ3v) is 4.13. The highest BCUT2D eigenvalue weighted by Gasteiger charge is 2.32. The summed E-state index contributed by atoms with van der Waals surface area (Å²) >= 11 is 0. The highest BCUT2D eigenvalue weighted by molar-refractivity contribution is 6.29. The van der Waals surface area contributed by atoms with Crippen molar-refractivity contribution in [3.05, 3.63) is 41.7 Å². The van der Waals surface area contributed by atoms with Gasteiger partial charge in [-0.15, -0.1) is 0 Å². The second-order valence-corrected chi connectivity index (χ2v) is 5.43. The lowest BCUT2D eigenvalue weighted by atomic mass is 9.84. The fourth-order valence-electron chi connectivity index (χ4n) is 3.03. The smallest absolute Gasteiger partial charge is 0.300 e. The van der Waals surface area contributed by atoms with Crippen molar-refractivity contribution in [2.45, 2.75) is 38.0 Å². The molecular weight excluding hydrogens is 254 g/mol. The normalized spacial score (nSPS) is 20.4. The zero-order valence-corrected chi connectivity index (χ0v) is 11.2. The van der Waals surface area contributed by atoms with Gasteiger partial charge in [-0.3, -0.25) is 9.59 Å². The molecule has 1 saturated carbocycles. The number of anilines is 1. The summed E-state index contributed by atoms with van der Waals surface area (Å²) in [5.74, 6) is -1.04.